The van der Waals surface area contributed by atoms with E-state index in [1.54, 1.807) is 3.32 Å². The summed E-state index contributed by atoms with van der Waals surface area (Å²) >= 11 is -5.35. The molecule has 0 fully saturated rings. The van der Waals surface area contributed by atoms with Crippen molar-refractivity contribution in [1.82, 2.24) is 0 Å². The first-order valence-corrected chi connectivity index (χ1v) is 42.6. The monoisotopic (exact) mass is 798 g/mol. The van der Waals surface area contributed by atoms with E-state index in [0.29, 0.717) is 19.2 Å². The molecule has 0 aromatic heterocycles. The van der Waals surface area contributed by atoms with Crippen LogP contribution in [0.3, 0.4) is 0 Å². The standard InChI is InChI=1S/2C18H17.C6H5.3CH3.Hf.H2Si/c2*1-13(2)14-9-11-16(12-10-14)18-8-4-6-15-5-3-7-17(15)18;1-2-4-6-5-3-1;;;;;/h2*3-13H,1-2H3;1-5H;3*1H3;;1H2. The van der Waals surface area contributed by atoms with E-state index in [1.165, 1.54) is 55.6 Å². The van der Waals surface area contributed by atoms with E-state index in [4.69, 9.17) is 0 Å². The van der Waals surface area contributed by atoms with Crippen LogP contribution in [0.15, 0.2) is 127 Å². The molecule has 5 aromatic rings. The third-order valence-corrected chi connectivity index (χ3v) is 59.6. The van der Waals surface area contributed by atoms with Gasteiger partial charge in [0, 0.05) is 0 Å². The quantitative estimate of drug-likeness (QED) is 0.144. The molecule has 0 nitrogen and oxygen atoms in total. The second kappa shape index (κ2) is 10.1. The number of allylic oxidation sites excluding steroid dienone is 2. The van der Waals surface area contributed by atoms with Crippen LogP contribution in [0.25, 0.3) is 34.4 Å². The zero-order valence-electron chi connectivity index (χ0n) is 29.3. The molecule has 0 saturated heterocycles. The van der Waals surface area contributed by atoms with E-state index in [2.05, 4.69) is 188 Å². The first-order chi connectivity index (χ1) is 22.2. The fourth-order valence-corrected chi connectivity index (χ4v) is 47.5. The third-order valence-electron chi connectivity index (χ3n) is 12.8. The zero-order valence-corrected chi connectivity index (χ0v) is 34.3. The van der Waals surface area contributed by atoms with Gasteiger partial charge in [0.15, 0.2) is 0 Å². The Morgan fingerprint density at radius 2 is 0.894 bits per heavy atom. The summed E-state index contributed by atoms with van der Waals surface area (Å²) in [5.74, 6) is 1.05. The molecule has 0 aliphatic heterocycles. The summed E-state index contributed by atoms with van der Waals surface area (Å²) in [6.07, 6.45) is 10.1. The minimum atomic E-state index is -5.35. The third kappa shape index (κ3) is 4.69. The van der Waals surface area contributed by atoms with Gasteiger partial charge in [0.2, 0.25) is 0 Å². The second-order valence-electron chi connectivity index (χ2n) is 18.3. The number of fused-ring (bicyclic) bond motifs is 2. The van der Waals surface area contributed by atoms with Crippen molar-refractivity contribution in [2.24, 2.45) is 0 Å². The molecule has 47 heavy (non-hydrogen) atoms. The summed E-state index contributed by atoms with van der Waals surface area (Å²) in [5, 5.41) is 0. The van der Waals surface area contributed by atoms with Crippen molar-refractivity contribution in [3.05, 3.63) is 161 Å². The van der Waals surface area contributed by atoms with Gasteiger partial charge < -0.3 is 0 Å². The van der Waals surface area contributed by atoms with Crippen LogP contribution in [0, 0.1) is 0 Å². The molecule has 7 rings (SSSR count). The molecule has 2 atom stereocenters. The average Bonchev–Trinajstić information content (AvgIpc) is 3.72. The number of benzene rings is 5. The van der Waals surface area contributed by atoms with Gasteiger partial charge >= 0.3 is 281 Å². The van der Waals surface area contributed by atoms with Gasteiger partial charge in [-0.15, -0.1) is 0 Å². The molecule has 5 aromatic carbocycles. The number of rotatable bonds is 7. The molecule has 0 saturated carbocycles. The summed E-state index contributed by atoms with van der Waals surface area (Å²) < 4.78 is 10.4. The van der Waals surface area contributed by atoms with Crippen molar-refractivity contribution in [2.45, 2.75) is 60.9 Å². The zero-order chi connectivity index (χ0) is 33.3. The number of hydrogen-bond donors (Lipinski definition) is 0. The van der Waals surface area contributed by atoms with Gasteiger partial charge in [-0.2, -0.15) is 0 Å². The van der Waals surface area contributed by atoms with Crippen molar-refractivity contribution < 1.29 is 14.2 Å². The van der Waals surface area contributed by atoms with E-state index in [1.807, 2.05) is 0 Å². The van der Waals surface area contributed by atoms with Gasteiger partial charge in [-0.25, -0.2) is 0 Å². The molecule has 238 valence electrons. The van der Waals surface area contributed by atoms with E-state index in [-0.39, 0.29) is 0 Å². The van der Waals surface area contributed by atoms with Crippen molar-refractivity contribution >= 4 is 22.4 Å². The Morgan fingerprint density at radius 3 is 1.28 bits per heavy atom. The van der Waals surface area contributed by atoms with Crippen LogP contribution in [-0.2, 0) is 14.2 Å². The average molecular weight is 797 g/mol. The van der Waals surface area contributed by atoms with Gasteiger partial charge in [-0.1, -0.05) is 0 Å². The molecule has 0 radical (unpaired) electrons. The van der Waals surface area contributed by atoms with Crippen molar-refractivity contribution in [3.63, 3.8) is 0 Å². The Bertz CT molecular complexity index is 2080. The Balaban J connectivity index is 1.44. The van der Waals surface area contributed by atoms with Gasteiger partial charge in [0.05, 0.1) is 0 Å². The minimum absolute atomic E-state index is 0.291. The molecule has 0 heterocycles. The Hall–Kier alpha value is -3.33. The molecule has 2 aliphatic rings. The van der Waals surface area contributed by atoms with Gasteiger partial charge in [0.1, 0.15) is 0 Å². The van der Waals surface area contributed by atoms with Crippen LogP contribution in [0.2, 0.25) is 14.0 Å². The molecule has 0 bridgehead atoms. The van der Waals surface area contributed by atoms with E-state index in [0.717, 1.165) is 0 Å². The molecule has 0 amide bonds. The maximum absolute atomic E-state index is 5.35. The van der Waals surface area contributed by atoms with Crippen LogP contribution in [0.4, 0.5) is 0 Å². The van der Waals surface area contributed by atoms with Gasteiger partial charge in [-0.05, 0) is 0 Å². The number of hydrogen-bond acceptors (Lipinski definition) is 0. The molecule has 0 spiro atoms. The predicted molar refractivity (Wildman–Crippen MR) is 208 cm³/mol. The van der Waals surface area contributed by atoms with E-state index < -0.39 is 14.2 Å². The fraction of sp³-hybridized carbons (Fsp3) is 0.244. The van der Waals surface area contributed by atoms with Crippen molar-refractivity contribution in [1.29, 1.82) is 0 Å². The molecule has 0 N–H and O–H groups in total. The summed E-state index contributed by atoms with van der Waals surface area (Å²) in [4.78, 5) is 0. The Morgan fingerprint density at radius 1 is 0.489 bits per heavy atom. The first-order valence-electron chi connectivity index (χ1n) is 17.6. The Labute approximate surface area is 278 Å². The fourth-order valence-electron chi connectivity index (χ4n) is 9.48. The van der Waals surface area contributed by atoms with Crippen LogP contribution >= 0.6 is 0 Å². The van der Waals surface area contributed by atoms with E-state index >= 15 is 0 Å². The molecular weight excluding hydrogens is 747 g/mol. The Kier molecular flexibility index (Phi) is 6.92. The first kappa shape index (κ1) is 32.2. The normalized spacial score (nSPS) is 19.2. The van der Waals surface area contributed by atoms with Gasteiger partial charge in [-0.3, -0.25) is 0 Å². The SMILES string of the molecule is CC(C)c1ccc(-c2cccc3c2C=C[CH]3[Hf]([CH3])([CH3])([CH3])(=[SiH2])([c]2ccccc2)[CH]2C=Cc3c(-c4ccc(C(C)C)cc4)cccc32)cc1. The second-order valence-corrected chi connectivity index (χ2v) is 95.5. The van der Waals surface area contributed by atoms with Crippen LogP contribution in [0.5, 0.6) is 0 Å². The maximum atomic E-state index is 2.76. The van der Waals surface area contributed by atoms with Gasteiger partial charge in [0.25, 0.3) is 0 Å². The summed E-state index contributed by atoms with van der Waals surface area (Å²) in [6, 6.07) is 44.3. The summed E-state index contributed by atoms with van der Waals surface area (Å²) in [5.41, 5.74) is 13.8. The summed E-state index contributed by atoms with van der Waals surface area (Å²) in [7, 11) is 0. The van der Waals surface area contributed by atoms with Crippen molar-refractivity contribution in [2.75, 3.05) is 0 Å². The molecule has 2 aliphatic carbocycles. The topological polar surface area (TPSA) is 0 Å². The molecular formula is C45H50HfSi. The molecule has 2 unspecified atom stereocenters. The van der Waals surface area contributed by atoms with Crippen molar-refractivity contribution in [3.8, 4) is 22.3 Å². The van der Waals surface area contributed by atoms with E-state index in [9.17, 15) is 0 Å². The summed E-state index contributed by atoms with van der Waals surface area (Å²) in [6.45, 7) is 11.5. The molecule has 2 heteroatoms. The van der Waals surface area contributed by atoms with Crippen LogP contribution in [0.1, 0.15) is 80.3 Å². The van der Waals surface area contributed by atoms with Crippen LogP contribution in [-0.4, -0.2) is 6.94 Å². The van der Waals surface area contributed by atoms with Crippen LogP contribution < -0.4 is 3.32 Å². The predicted octanol–water partition coefficient (Wildman–Crippen LogP) is 11.9.